The number of hydrogen-bond acceptors (Lipinski definition) is 1. The largest absolute Gasteiger partial charge is 0.381 e. The molecule has 1 unspecified atom stereocenters. The van der Waals surface area contributed by atoms with E-state index < -0.39 is 0 Å². The summed E-state index contributed by atoms with van der Waals surface area (Å²) < 4.78 is 0. The van der Waals surface area contributed by atoms with Gasteiger partial charge in [-0.1, -0.05) is 36.4 Å². The van der Waals surface area contributed by atoms with E-state index in [-0.39, 0.29) is 0 Å². The zero-order chi connectivity index (χ0) is 15.0. The zero-order valence-corrected chi connectivity index (χ0v) is 13.7. The van der Waals surface area contributed by atoms with Gasteiger partial charge in [-0.15, -0.1) is 0 Å². The van der Waals surface area contributed by atoms with Crippen LogP contribution >= 0.6 is 0 Å². The van der Waals surface area contributed by atoms with Crippen molar-refractivity contribution in [3.63, 3.8) is 0 Å². The van der Waals surface area contributed by atoms with Crippen molar-refractivity contribution < 1.29 is 0 Å². The molecule has 0 radical (unpaired) electrons. The number of hydrogen-bond donors (Lipinski definition) is 1. The van der Waals surface area contributed by atoms with E-state index in [1.165, 1.54) is 42.1 Å². The lowest BCUT2D eigenvalue weighted by Crippen LogP contribution is -2.53. The quantitative estimate of drug-likeness (QED) is 0.744. The molecule has 0 spiro atoms. The third kappa shape index (κ3) is 1.74. The van der Waals surface area contributed by atoms with Crippen molar-refractivity contribution in [2.45, 2.75) is 51.0 Å². The summed E-state index contributed by atoms with van der Waals surface area (Å²) in [6.45, 7) is 0. The lowest BCUT2D eigenvalue weighted by atomic mass is 9.47. The SMILES string of the molecule is c1ccc2c3c(ccc2c1)CC(C12CC4CC(CC(C4)C1)C2)N3. The minimum absolute atomic E-state index is 0.606. The Morgan fingerprint density at radius 1 is 0.826 bits per heavy atom. The van der Waals surface area contributed by atoms with E-state index >= 15 is 0 Å². The molecule has 1 N–H and O–H groups in total. The lowest BCUT2D eigenvalue weighted by molar-refractivity contribution is -0.0619. The molecule has 4 saturated carbocycles. The summed E-state index contributed by atoms with van der Waals surface area (Å²) in [5.41, 5.74) is 3.61. The molecule has 1 nitrogen and oxygen atoms in total. The molecule has 23 heavy (non-hydrogen) atoms. The van der Waals surface area contributed by atoms with Gasteiger partial charge in [0.05, 0.1) is 0 Å². The lowest BCUT2D eigenvalue weighted by Gasteiger charge is -2.59. The van der Waals surface area contributed by atoms with E-state index in [9.17, 15) is 0 Å². The van der Waals surface area contributed by atoms with Gasteiger partial charge in [-0.3, -0.25) is 0 Å². The molecule has 0 saturated heterocycles. The fraction of sp³-hybridized carbons (Fsp3) is 0.545. The van der Waals surface area contributed by atoms with E-state index in [1.807, 2.05) is 0 Å². The Kier molecular flexibility index (Phi) is 2.41. The van der Waals surface area contributed by atoms with E-state index in [0.717, 1.165) is 17.8 Å². The van der Waals surface area contributed by atoms with Crippen LogP contribution in [0.5, 0.6) is 0 Å². The molecule has 1 heteroatoms. The van der Waals surface area contributed by atoms with Gasteiger partial charge in [0.25, 0.3) is 0 Å². The molecule has 1 aliphatic heterocycles. The van der Waals surface area contributed by atoms with Crippen LogP contribution in [0.15, 0.2) is 36.4 Å². The predicted octanol–water partition coefficient (Wildman–Crippen LogP) is 5.39. The average molecular weight is 303 g/mol. The van der Waals surface area contributed by atoms with E-state index in [4.69, 9.17) is 0 Å². The van der Waals surface area contributed by atoms with Crippen LogP contribution in [0.2, 0.25) is 0 Å². The highest BCUT2D eigenvalue weighted by atomic mass is 15.0. The van der Waals surface area contributed by atoms with Crippen LogP contribution < -0.4 is 5.32 Å². The maximum absolute atomic E-state index is 4.03. The van der Waals surface area contributed by atoms with Gasteiger partial charge in [0.15, 0.2) is 0 Å². The first kappa shape index (κ1) is 12.9. The molecule has 2 aromatic carbocycles. The molecular formula is C22H25N. The molecule has 1 heterocycles. The second-order valence-corrected chi connectivity index (χ2v) is 9.00. The first-order chi connectivity index (χ1) is 11.3. The van der Waals surface area contributed by atoms with Crippen LogP contribution in [0.3, 0.4) is 0 Å². The number of benzene rings is 2. The minimum Gasteiger partial charge on any atom is -0.381 e. The van der Waals surface area contributed by atoms with E-state index in [0.29, 0.717) is 11.5 Å². The second-order valence-electron chi connectivity index (χ2n) is 9.00. The highest BCUT2D eigenvalue weighted by Gasteiger charge is 2.55. The minimum atomic E-state index is 0.606. The second kappa shape index (κ2) is 4.32. The summed E-state index contributed by atoms with van der Waals surface area (Å²) >= 11 is 0. The highest BCUT2D eigenvalue weighted by Crippen LogP contribution is 2.62. The molecule has 118 valence electrons. The van der Waals surface area contributed by atoms with Crippen molar-refractivity contribution in [2.75, 3.05) is 5.32 Å². The highest BCUT2D eigenvalue weighted by molar-refractivity contribution is 5.96. The van der Waals surface area contributed by atoms with Gasteiger partial charge in [-0.25, -0.2) is 0 Å². The van der Waals surface area contributed by atoms with Gasteiger partial charge in [-0.2, -0.15) is 0 Å². The summed E-state index contributed by atoms with van der Waals surface area (Å²) in [5.74, 6) is 3.13. The Hall–Kier alpha value is -1.50. The predicted molar refractivity (Wildman–Crippen MR) is 95.7 cm³/mol. The number of fused-ring (bicyclic) bond motifs is 3. The van der Waals surface area contributed by atoms with Gasteiger partial charge < -0.3 is 5.32 Å². The van der Waals surface area contributed by atoms with E-state index in [1.54, 1.807) is 24.8 Å². The first-order valence-corrected chi connectivity index (χ1v) is 9.56. The van der Waals surface area contributed by atoms with Gasteiger partial charge in [0.2, 0.25) is 0 Å². The van der Waals surface area contributed by atoms with Crippen LogP contribution in [0.1, 0.15) is 44.1 Å². The average Bonchev–Trinajstić information content (AvgIpc) is 2.99. The van der Waals surface area contributed by atoms with Crippen molar-refractivity contribution in [2.24, 2.45) is 23.2 Å². The Bertz CT molecular complexity index is 754. The van der Waals surface area contributed by atoms with Crippen LogP contribution in [0.25, 0.3) is 10.8 Å². The third-order valence-corrected chi connectivity index (χ3v) is 7.58. The molecule has 4 aliphatic carbocycles. The molecule has 1 atom stereocenters. The summed E-state index contributed by atoms with van der Waals surface area (Å²) in [5, 5.41) is 6.84. The Balaban J connectivity index is 1.40. The van der Waals surface area contributed by atoms with Crippen LogP contribution in [-0.2, 0) is 6.42 Å². The van der Waals surface area contributed by atoms with Gasteiger partial charge in [0.1, 0.15) is 0 Å². The fourth-order valence-corrected chi connectivity index (χ4v) is 7.08. The standard InChI is InChI=1S/C22H25N/c1-2-4-19-17(3-1)5-6-18-10-20(23-21(18)19)22-11-14-7-15(12-22)9-16(8-14)13-22/h1-6,14-16,20,23H,7-13H2. The molecule has 7 rings (SSSR count). The Labute approximate surface area is 138 Å². The number of anilines is 1. The molecule has 2 aromatic rings. The van der Waals surface area contributed by atoms with Gasteiger partial charge in [-0.05, 0) is 79.1 Å². The maximum atomic E-state index is 4.03. The van der Waals surface area contributed by atoms with Gasteiger partial charge in [0, 0.05) is 17.1 Å². The van der Waals surface area contributed by atoms with Crippen LogP contribution in [0, 0.1) is 23.2 Å². The fourth-order valence-electron chi connectivity index (χ4n) is 7.08. The van der Waals surface area contributed by atoms with Crippen molar-refractivity contribution >= 4 is 16.5 Å². The molecule has 0 amide bonds. The monoisotopic (exact) mass is 303 g/mol. The van der Waals surface area contributed by atoms with Crippen molar-refractivity contribution in [3.05, 3.63) is 42.0 Å². The van der Waals surface area contributed by atoms with Crippen LogP contribution in [0.4, 0.5) is 5.69 Å². The van der Waals surface area contributed by atoms with Crippen LogP contribution in [-0.4, -0.2) is 6.04 Å². The summed E-state index contributed by atoms with van der Waals surface area (Å²) in [6, 6.07) is 14.3. The summed E-state index contributed by atoms with van der Waals surface area (Å²) in [6.07, 6.45) is 10.4. The molecule has 0 aromatic heterocycles. The van der Waals surface area contributed by atoms with Crippen molar-refractivity contribution in [3.8, 4) is 0 Å². The Morgan fingerprint density at radius 2 is 1.52 bits per heavy atom. The smallest absolute Gasteiger partial charge is 0.0455 e. The zero-order valence-electron chi connectivity index (χ0n) is 13.7. The van der Waals surface area contributed by atoms with Crippen molar-refractivity contribution in [1.82, 2.24) is 0 Å². The molecule has 4 bridgehead atoms. The molecular weight excluding hydrogens is 278 g/mol. The van der Waals surface area contributed by atoms with E-state index in [2.05, 4.69) is 41.7 Å². The molecule has 5 aliphatic rings. The third-order valence-electron chi connectivity index (χ3n) is 7.58. The molecule has 4 fully saturated rings. The topological polar surface area (TPSA) is 12.0 Å². The maximum Gasteiger partial charge on any atom is 0.0455 e. The first-order valence-electron chi connectivity index (χ1n) is 9.56. The number of rotatable bonds is 1. The van der Waals surface area contributed by atoms with Crippen molar-refractivity contribution in [1.29, 1.82) is 0 Å². The Morgan fingerprint density at radius 3 is 2.26 bits per heavy atom. The summed E-state index contributed by atoms with van der Waals surface area (Å²) in [4.78, 5) is 0. The van der Waals surface area contributed by atoms with Gasteiger partial charge >= 0.3 is 0 Å². The summed E-state index contributed by atoms with van der Waals surface area (Å²) in [7, 11) is 0. The number of nitrogens with one attached hydrogen (secondary N) is 1. The normalized spacial score (nSPS) is 40.3.